The van der Waals surface area contributed by atoms with Crippen molar-refractivity contribution in [3.8, 4) is 0 Å². The molecular formula is C16H29N3O. The summed E-state index contributed by atoms with van der Waals surface area (Å²) in [5.41, 5.74) is 3.01. The fourth-order valence-corrected chi connectivity index (χ4v) is 2.36. The molecule has 0 fully saturated rings. The van der Waals surface area contributed by atoms with Crippen LogP contribution in [0.1, 0.15) is 56.9 Å². The molecule has 0 saturated carbocycles. The first-order chi connectivity index (χ1) is 9.42. The van der Waals surface area contributed by atoms with Gasteiger partial charge in [-0.1, -0.05) is 6.92 Å². The van der Waals surface area contributed by atoms with E-state index in [9.17, 15) is 0 Å². The molecule has 0 aromatic carbocycles. The van der Waals surface area contributed by atoms with E-state index in [1.165, 1.54) is 5.56 Å². The van der Waals surface area contributed by atoms with Crippen LogP contribution < -0.4 is 5.32 Å². The van der Waals surface area contributed by atoms with Gasteiger partial charge in [-0.25, -0.2) is 9.97 Å². The SMILES string of the molecule is CCNCCCc1c(C)nc(C(C)(C)OCC)nc1C. The maximum absolute atomic E-state index is 5.74. The van der Waals surface area contributed by atoms with E-state index in [0.29, 0.717) is 6.61 Å². The Morgan fingerprint density at radius 2 is 1.70 bits per heavy atom. The Hall–Kier alpha value is -1.00. The average Bonchev–Trinajstić information content (AvgIpc) is 2.36. The van der Waals surface area contributed by atoms with Gasteiger partial charge in [-0.3, -0.25) is 0 Å². The summed E-state index contributed by atoms with van der Waals surface area (Å²) in [7, 11) is 0. The maximum Gasteiger partial charge on any atom is 0.160 e. The topological polar surface area (TPSA) is 47.0 Å². The molecule has 0 aliphatic carbocycles. The normalized spacial score (nSPS) is 11.9. The zero-order valence-electron chi connectivity index (χ0n) is 13.8. The third kappa shape index (κ3) is 4.53. The van der Waals surface area contributed by atoms with Crippen LogP contribution in [0, 0.1) is 13.8 Å². The first-order valence-electron chi connectivity index (χ1n) is 7.61. The molecule has 0 amide bonds. The van der Waals surface area contributed by atoms with Crippen molar-refractivity contribution in [3.05, 3.63) is 22.8 Å². The van der Waals surface area contributed by atoms with Gasteiger partial charge in [-0.2, -0.15) is 0 Å². The molecule has 0 spiro atoms. The zero-order valence-corrected chi connectivity index (χ0v) is 13.8. The molecule has 114 valence electrons. The molecule has 0 bridgehead atoms. The molecule has 1 heterocycles. The van der Waals surface area contributed by atoms with Gasteiger partial charge in [0.25, 0.3) is 0 Å². The van der Waals surface area contributed by atoms with E-state index >= 15 is 0 Å². The summed E-state index contributed by atoms with van der Waals surface area (Å²) in [6.45, 7) is 15.0. The fourth-order valence-electron chi connectivity index (χ4n) is 2.36. The highest BCUT2D eigenvalue weighted by molar-refractivity contribution is 5.25. The van der Waals surface area contributed by atoms with Gasteiger partial charge in [0, 0.05) is 18.0 Å². The third-order valence-electron chi connectivity index (χ3n) is 3.49. The van der Waals surface area contributed by atoms with Gasteiger partial charge < -0.3 is 10.1 Å². The number of aryl methyl sites for hydroxylation is 2. The Bertz CT molecular complexity index is 407. The molecule has 0 atom stereocenters. The number of rotatable bonds is 8. The molecule has 4 nitrogen and oxygen atoms in total. The molecule has 1 aromatic heterocycles. The summed E-state index contributed by atoms with van der Waals surface area (Å²) in [4.78, 5) is 9.33. The minimum Gasteiger partial charge on any atom is -0.368 e. The molecule has 0 saturated heterocycles. The molecule has 0 unspecified atom stereocenters. The fraction of sp³-hybridized carbons (Fsp3) is 0.750. The van der Waals surface area contributed by atoms with Crippen LogP contribution in [-0.2, 0) is 16.8 Å². The standard InChI is InChI=1S/C16H29N3O/c1-7-17-11-9-10-14-12(3)18-15(19-13(14)4)16(5,6)20-8-2/h17H,7-11H2,1-6H3. The maximum atomic E-state index is 5.74. The van der Waals surface area contributed by atoms with Crippen LogP contribution in [0.4, 0.5) is 0 Å². The minimum atomic E-state index is -0.424. The highest BCUT2D eigenvalue weighted by atomic mass is 16.5. The van der Waals surface area contributed by atoms with Crippen LogP contribution in [0.5, 0.6) is 0 Å². The largest absolute Gasteiger partial charge is 0.368 e. The lowest BCUT2D eigenvalue weighted by molar-refractivity contribution is -0.0210. The summed E-state index contributed by atoms with van der Waals surface area (Å²) < 4.78 is 5.74. The van der Waals surface area contributed by atoms with Crippen LogP contribution in [0.25, 0.3) is 0 Å². The van der Waals surface area contributed by atoms with Crippen molar-refractivity contribution in [2.75, 3.05) is 19.7 Å². The molecule has 0 aliphatic heterocycles. The number of hydrogen-bond donors (Lipinski definition) is 1. The summed E-state index contributed by atoms with van der Waals surface area (Å²) in [6, 6.07) is 0. The van der Waals surface area contributed by atoms with Crippen LogP contribution >= 0.6 is 0 Å². The van der Waals surface area contributed by atoms with Gasteiger partial charge in [-0.15, -0.1) is 0 Å². The molecule has 1 rings (SSSR count). The predicted molar refractivity (Wildman–Crippen MR) is 83.0 cm³/mol. The highest BCUT2D eigenvalue weighted by Crippen LogP contribution is 2.23. The van der Waals surface area contributed by atoms with Gasteiger partial charge in [0.1, 0.15) is 5.60 Å². The van der Waals surface area contributed by atoms with Crippen molar-refractivity contribution < 1.29 is 4.74 Å². The molecular weight excluding hydrogens is 250 g/mol. The monoisotopic (exact) mass is 279 g/mol. The second kappa shape index (κ2) is 7.70. The van der Waals surface area contributed by atoms with Crippen LogP contribution in [0.15, 0.2) is 0 Å². The summed E-state index contributed by atoms with van der Waals surface area (Å²) >= 11 is 0. The molecule has 0 radical (unpaired) electrons. The van der Waals surface area contributed by atoms with Crippen LogP contribution in [-0.4, -0.2) is 29.7 Å². The van der Waals surface area contributed by atoms with E-state index < -0.39 is 5.60 Å². The van der Waals surface area contributed by atoms with E-state index in [1.54, 1.807) is 0 Å². The third-order valence-corrected chi connectivity index (χ3v) is 3.49. The van der Waals surface area contributed by atoms with Crippen molar-refractivity contribution in [1.29, 1.82) is 0 Å². The number of aromatic nitrogens is 2. The van der Waals surface area contributed by atoms with Crippen molar-refractivity contribution in [3.63, 3.8) is 0 Å². The smallest absolute Gasteiger partial charge is 0.160 e. The van der Waals surface area contributed by atoms with Crippen LogP contribution in [0.3, 0.4) is 0 Å². The van der Waals surface area contributed by atoms with E-state index in [2.05, 4.69) is 36.1 Å². The number of nitrogens with one attached hydrogen (secondary N) is 1. The van der Waals surface area contributed by atoms with Crippen molar-refractivity contribution in [2.24, 2.45) is 0 Å². The van der Waals surface area contributed by atoms with Gasteiger partial charge in [-0.05, 0) is 66.1 Å². The lowest BCUT2D eigenvalue weighted by Gasteiger charge is -2.24. The Labute approximate surface area is 123 Å². The minimum absolute atomic E-state index is 0.424. The van der Waals surface area contributed by atoms with Crippen LogP contribution in [0.2, 0.25) is 0 Å². The number of nitrogens with zero attached hydrogens (tertiary/aromatic N) is 2. The molecule has 4 heteroatoms. The first-order valence-corrected chi connectivity index (χ1v) is 7.61. The van der Waals surface area contributed by atoms with E-state index in [0.717, 1.165) is 43.1 Å². The van der Waals surface area contributed by atoms with Crippen molar-refractivity contribution in [2.45, 2.75) is 60.0 Å². The molecule has 0 aliphatic rings. The van der Waals surface area contributed by atoms with Gasteiger partial charge in [0.05, 0.1) is 0 Å². The lowest BCUT2D eigenvalue weighted by atomic mass is 10.0. The Morgan fingerprint density at radius 3 is 2.20 bits per heavy atom. The summed E-state index contributed by atoms with van der Waals surface area (Å²) in [5, 5.41) is 3.35. The van der Waals surface area contributed by atoms with E-state index in [1.807, 2.05) is 20.8 Å². The number of ether oxygens (including phenoxy) is 1. The summed E-state index contributed by atoms with van der Waals surface area (Å²) in [5.74, 6) is 0.782. The molecule has 1 N–H and O–H groups in total. The average molecular weight is 279 g/mol. The first kappa shape index (κ1) is 17.1. The molecule has 20 heavy (non-hydrogen) atoms. The van der Waals surface area contributed by atoms with Gasteiger partial charge >= 0.3 is 0 Å². The number of hydrogen-bond acceptors (Lipinski definition) is 4. The quantitative estimate of drug-likeness (QED) is 0.743. The Balaban J connectivity index is 2.86. The van der Waals surface area contributed by atoms with Gasteiger partial charge in [0.15, 0.2) is 5.82 Å². The predicted octanol–water partition coefficient (Wildman–Crippen LogP) is 2.91. The van der Waals surface area contributed by atoms with Crippen molar-refractivity contribution >= 4 is 0 Å². The summed E-state index contributed by atoms with van der Waals surface area (Å²) in [6.07, 6.45) is 2.15. The molecule has 1 aromatic rings. The van der Waals surface area contributed by atoms with E-state index in [4.69, 9.17) is 4.74 Å². The van der Waals surface area contributed by atoms with Gasteiger partial charge in [0.2, 0.25) is 0 Å². The van der Waals surface area contributed by atoms with E-state index in [-0.39, 0.29) is 0 Å². The second-order valence-electron chi connectivity index (χ2n) is 5.60. The highest BCUT2D eigenvalue weighted by Gasteiger charge is 2.25. The van der Waals surface area contributed by atoms with Crippen molar-refractivity contribution in [1.82, 2.24) is 15.3 Å². The second-order valence-corrected chi connectivity index (χ2v) is 5.60. The Morgan fingerprint density at radius 1 is 1.10 bits per heavy atom. The lowest BCUT2D eigenvalue weighted by Crippen LogP contribution is -2.26. The Kier molecular flexibility index (Phi) is 6.56. The zero-order chi connectivity index (χ0) is 15.2.